The van der Waals surface area contributed by atoms with Crippen molar-refractivity contribution in [2.75, 3.05) is 13.1 Å². The summed E-state index contributed by atoms with van der Waals surface area (Å²) < 4.78 is 0. The van der Waals surface area contributed by atoms with Crippen molar-refractivity contribution in [2.45, 2.75) is 115 Å². The minimum Gasteiger partial charge on any atom is -0.480 e. The van der Waals surface area contributed by atoms with Crippen molar-refractivity contribution in [1.82, 2.24) is 26.6 Å². The molecule has 0 aliphatic carbocycles. The van der Waals surface area contributed by atoms with Crippen LogP contribution in [-0.4, -0.2) is 113 Å². The Labute approximate surface area is 327 Å². The molecule has 314 valence electrons. The van der Waals surface area contributed by atoms with Crippen LogP contribution in [0, 0.1) is 11.8 Å². The maximum absolute atomic E-state index is 14.1. The lowest BCUT2D eigenvalue weighted by Gasteiger charge is -2.29. The molecule has 0 aliphatic rings. The lowest BCUT2D eigenvalue weighted by molar-refractivity contribution is -0.145. The van der Waals surface area contributed by atoms with Crippen molar-refractivity contribution >= 4 is 47.4 Å². The molecule has 0 saturated carbocycles. The first-order valence-corrected chi connectivity index (χ1v) is 18.6. The molecule has 0 saturated heterocycles. The Hall–Kier alpha value is -5.50. The number of hydrogen-bond acceptors (Lipinski definition) is 10. The summed E-state index contributed by atoms with van der Waals surface area (Å²) in [5.74, 6) is -5.99. The van der Waals surface area contributed by atoms with Crippen LogP contribution in [0.4, 0.5) is 0 Å². The van der Waals surface area contributed by atoms with Crippen LogP contribution in [0.15, 0.2) is 40.3 Å². The number of guanidine groups is 2. The summed E-state index contributed by atoms with van der Waals surface area (Å²) in [4.78, 5) is 87.3. The number of rotatable bonds is 25. The second-order valence-corrected chi connectivity index (χ2v) is 14.3. The molecule has 0 heterocycles. The Balaban J connectivity index is 3.37. The molecule has 0 spiro atoms. The highest BCUT2D eigenvalue weighted by atomic mass is 16.4. The van der Waals surface area contributed by atoms with Crippen molar-refractivity contribution in [3.05, 3.63) is 35.9 Å². The second kappa shape index (κ2) is 24.8. The highest BCUT2D eigenvalue weighted by Gasteiger charge is 2.35. The first-order valence-electron chi connectivity index (χ1n) is 18.6. The summed E-state index contributed by atoms with van der Waals surface area (Å²) >= 11 is 0. The van der Waals surface area contributed by atoms with Gasteiger partial charge in [-0.2, -0.15) is 0 Å². The minimum absolute atomic E-state index is 0.000347. The molecule has 0 aliphatic heterocycles. The van der Waals surface area contributed by atoms with Crippen molar-refractivity contribution in [1.29, 1.82) is 0 Å². The summed E-state index contributed by atoms with van der Waals surface area (Å²) in [7, 11) is 0. The van der Waals surface area contributed by atoms with E-state index < -0.39 is 83.8 Å². The van der Waals surface area contributed by atoms with E-state index in [-0.39, 0.29) is 63.0 Å². The molecule has 20 heteroatoms. The zero-order valence-electron chi connectivity index (χ0n) is 32.9. The maximum atomic E-state index is 14.1. The SMILES string of the molecule is CC(C)C[C@H](NC(=O)[C@H](Cc1ccccc1)NC(=O)[C@H](CCCN=C(N)N)NC(=O)[C@@H](N)CCCN=C(N)N)C(=O)N[C@H](C(=O)N[C@H](C(=O)O)[C@@H](C)O)C(C)C. The van der Waals surface area contributed by atoms with Gasteiger partial charge in [0.1, 0.15) is 24.2 Å². The van der Waals surface area contributed by atoms with E-state index in [4.69, 9.17) is 28.7 Å². The molecule has 17 N–H and O–H groups in total. The van der Waals surface area contributed by atoms with Crippen LogP contribution in [0.3, 0.4) is 0 Å². The van der Waals surface area contributed by atoms with E-state index in [0.717, 1.165) is 0 Å². The molecule has 1 aromatic carbocycles. The Morgan fingerprint density at radius 3 is 1.62 bits per heavy atom. The Morgan fingerprint density at radius 2 is 1.12 bits per heavy atom. The number of carbonyl (C=O) groups excluding carboxylic acids is 5. The molecular weight excluding hydrogens is 728 g/mol. The van der Waals surface area contributed by atoms with E-state index in [0.29, 0.717) is 12.0 Å². The Morgan fingerprint density at radius 1 is 0.643 bits per heavy atom. The number of aliphatic carboxylic acids is 1. The fourth-order valence-corrected chi connectivity index (χ4v) is 5.43. The topological polar surface area (TPSA) is 358 Å². The molecule has 7 atom stereocenters. The molecular formula is C36H62N12O8. The number of nitrogens with one attached hydrogen (secondary N) is 5. The fourth-order valence-electron chi connectivity index (χ4n) is 5.43. The molecule has 0 unspecified atom stereocenters. The van der Waals surface area contributed by atoms with Gasteiger partial charge in [-0.05, 0) is 56.4 Å². The third-order valence-corrected chi connectivity index (χ3v) is 8.43. The van der Waals surface area contributed by atoms with Gasteiger partial charge in [0.25, 0.3) is 0 Å². The lowest BCUT2D eigenvalue weighted by atomic mass is 9.98. The molecule has 1 aromatic rings. The van der Waals surface area contributed by atoms with E-state index in [2.05, 4.69) is 36.6 Å². The molecule has 0 radical (unpaired) electrons. The number of aliphatic hydroxyl groups excluding tert-OH is 1. The van der Waals surface area contributed by atoms with Crippen LogP contribution < -0.4 is 55.3 Å². The zero-order chi connectivity index (χ0) is 42.5. The predicted molar refractivity (Wildman–Crippen MR) is 211 cm³/mol. The van der Waals surface area contributed by atoms with E-state index in [1.807, 2.05) is 13.8 Å². The van der Waals surface area contributed by atoms with Crippen LogP contribution in [0.1, 0.15) is 72.3 Å². The van der Waals surface area contributed by atoms with Gasteiger partial charge in [-0.25, -0.2) is 4.79 Å². The largest absolute Gasteiger partial charge is 0.480 e. The molecule has 5 amide bonds. The Kier molecular flexibility index (Phi) is 21.5. The number of amides is 5. The molecule has 56 heavy (non-hydrogen) atoms. The average Bonchev–Trinajstić information content (AvgIpc) is 3.11. The van der Waals surface area contributed by atoms with Gasteiger partial charge in [-0.15, -0.1) is 0 Å². The van der Waals surface area contributed by atoms with Gasteiger partial charge < -0.3 is 65.5 Å². The monoisotopic (exact) mass is 790 g/mol. The molecule has 0 bridgehead atoms. The number of hydrogen-bond donors (Lipinski definition) is 12. The third kappa shape index (κ3) is 18.7. The van der Waals surface area contributed by atoms with E-state index in [9.17, 15) is 39.0 Å². The number of nitrogens with two attached hydrogens (primary N) is 5. The van der Waals surface area contributed by atoms with E-state index >= 15 is 0 Å². The molecule has 0 aromatic heterocycles. The Bertz CT molecular complexity index is 1500. The average molecular weight is 791 g/mol. The number of carboxylic acid groups (broad SMARTS) is 1. The summed E-state index contributed by atoms with van der Waals surface area (Å²) in [6.45, 7) is 8.52. The van der Waals surface area contributed by atoms with Crippen molar-refractivity contribution in [3.63, 3.8) is 0 Å². The van der Waals surface area contributed by atoms with Gasteiger partial charge in [0.05, 0.1) is 12.1 Å². The molecule has 20 nitrogen and oxygen atoms in total. The summed E-state index contributed by atoms with van der Waals surface area (Å²) in [6, 6.07) is 1.35. The highest BCUT2D eigenvalue weighted by Crippen LogP contribution is 2.12. The standard InChI is InChI=1S/C36H62N12O8/c1-19(2)17-25(32(53)47-27(20(3)4)33(54)48-28(21(5)49)34(55)56)45-31(52)26(18-22-11-7-6-8-12-22)46-30(51)24(14-10-16-43-36(40)41)44-29(50)23(37)13-9-15-42-35(38)39/h6-8,11-12,19-21,23-28,49H,9-10,13-18,37H2,1-5H3,(H,44,50)(H,45,52)(H,46,51)(H,47,53)(H,48,54)(H,55,56)(H4,38,39,42)(H4,40,41,43)/t21-,23+,24+,25+,26+,27+,28+/m1/s1. The minimum atomic E-state index is -1.62. The van der Waals surface area contributed by atoms with Crippen LogP contribution >= 0.6 is 0 Å². The van der Waals surface area contributed by atoms with E-state index in [1.54, 1.807) is 44.2 Å². The number of aliphatic hydroxyl groups is 1. The summed E-state index contributed by atoms with van der Waals surface area (Å²) in [5.41, 5.74) is 28.4. The summed E-state index contributed by atoms with van der Waals surface area (Å²) in [5, 5.41) is 32.3. The van der Waals surface area contributed by atoms with Gasteiger partial charge in [0.2, 0.25) is 29.5 Å². The second-order valence-electron chi connectivity index (χ2n) is 14.3. The van der Waals surface area contributed by atoms with Crippen LogP contribution in [0.5, 0.6) is 0 Å². The number of nitrogens with zero attached hydrogens (tertiary/aromatic N) is 2. The number of aliphatic imine (C=N–C) groups is 2. The van der Waals surface area contributed by atoms with Gasteiger partial charge in [0, 0.05) is 19.5 Å². The van der Waals surface area contributed by atoms with Crippen LogP contribution in [0.2, 0.25) is 0 Å². The number of carbonyl (C=O) groups is 6. The third-order valence-electron chi connectivity index (χ3n) is 8.43. The quantitative estimate of drug-likeness (QED) is 0.0272. The summed E-state index contributed by atoms with van der Waals surface area (Å²) in [6.07, 6.45) is -0.336. The van der Waals surface area contributed by atoms with Crippen molar-refractivity contribution in [2.24, 2.45) is 50.5 Å². The van der Waals surface area contributed by atoms with Gasteiger partial charge in [0.15, 0.2) is 18.0 Å². The highest BCUT2D eigenvalue weighted by molar-refractivity contribution is 5.96. The van der Waals surface area contributed by atoms with Crippen molar-refractivity contribution < 1.29 is 39.0 Å². The van der Waals surface area contributed by atoms with E-state index in [1.165, 1.54) is 6.92 Å². The van der Waals surface area contributed by atoms with Gasteiger partial charge in [-0.3, -0.25) is 34.0 Å². The first-order chi connectivity index (χ1) is 26.2. The smallest absolute Gasteiger partial charge is 0.328 e. The molecule has 0 fully saturated rings. The predicted octanol–water partition coefficient (Wildman–Crippen LogP) is -2.74. The number of benzene rings is 1. The van der Waals surface area contributed by atoms with Gasteiger partial charge in [-0.1, -0.05) is 58.0 Å². The van der Waals surface area contributed by atoms with Crippen LogP contribution in [-0.2, 0) is 35.2 Å². The fraction of sp³-hybridized carbons (Fsp3) is 0.611. The van der Waals surface area contributed by atoms with Gasteiger partial charge >= 0.3 is 5.97 Å². The number of carboxylic acids is 1. The van der Waals surface area contributed by atoms with Crippen LogP contribution in [0.25, 0.3) is 0 Å². The normalized spacial score (nSPS) is 14.8. The lowest BCUT2D eigenvalue weighted by Crippen LogP contribution is -2.61. The maximum Gasteiger partial charge on any atom is 0.328 e. The first kappa shape index (κ1) is 48.5. The molecule has 1 rings (SSSR count). The zero-order valence-corrected chi connectivity index (χ0v) is 32.9. The van der Waals surface area contributed by atoms with Crippen molar-refractivity contribution in [3.8, 4) is 0 Å².